The molecular weight excluding hydrogens is 324 g/mol. The molecule has 0 aliphatic heterocycles. The molecule has 0 fully saturated rings. The van der Waals surface area contributed by atoms with Gasteiger partial charge in [0.25, 0.3) is 0 Å². The zero-order valence-corrected chi connectivity index (χ0v) is 14.6. The second kappa shape index (κ2) is 8.13. The lowest BCUT2D eigenvalue weighted by molar-refractivity contribution is -0.116. The molecule has 0 saturated carbocycles. The molecule has 1 aromatic heterocycles. The third-order valence-electron chi connectivity index (χ3n) is 4.05. The summed E-state index contributed by atoms with van der Waals surface area (Å²) >= 11 is 0. The highest BCUT2D eigenvalue weighted by Gasteiger charge is 2.08. The summed E-state index contributed by atoms with van der Waals surface area (Å²) in [4.78, 5) is 16.1. The second-order valence-electron chi connectivity index (χ2n) is 6.03. The first-order chi connectivity index (χ1) is 12.7. The van der Waals surface area contributed by atoms with Gasteiger partial charge in [0.15, 0.2) is 0 Å². The van der Waals surface area contributed by atoms with Crippen molar-refractivity contribution in [1.82, 2.24) is 4.98 Å². The fourth-order valence-corrected chi connectivity index (χ4v) is 2.82. The Morgan fingerprint density at radius 2 is 2.04 bits per heavy atom. The quantitative estimate of drug-likeness (QED) is 0.692. The van der Waals surface area contributed by atoms with Crippen LogP contribution in [0, 0.1) is 11.3 Å². The number of carbonyl (C=O) groups is 1. The van der Waals surface area contributed by atoms with Crippen LogP contribution in [0.5, 0.6) is 0 Å². The van der Waals surface area contributed by atoms with Gasteiger partial charge in [-0.2, -0.15) is 5.26 Å². The van der Waals surface area contributed by atoms with E-state index in [-0.39, 0.29) is 5.91 Å². The van der Waals surface area contributed by atoms with Crippen molar-refractivity contribution in [2.45, 2.75) is 26.3 Å². The zero-order valence-electron chi connectivity index (χ0n) is 14.6. The number of benzene rings is 2. The molecule has 130 valence electrons. The number of anilines is 2. The average molecular weight is 344 g/mol. The Morgan fingerprint density at radius 3 is 2.85 bits per heavy atom. The van der Waals surface area contributed by atoms with E-state index in [1.165, 1.54) is 0 Å². The molecule has 0 aliphatic carbocycles. The summed E-state index contributed by atoms with van der Waals surface area (Å²) in [7, 11) is 0. The van der Waals surface area contributed by atoms with E-state index in [0.29, 0.717) is 18.5 Å². The lowest BCUT2D eigenvalue weighted by atomic mass is 10.1. The van der Waals surface area contributed by atoms with Crippen molar-refractivity contribution in [3.63, 3.8) is 0 Å². The molecule has 26 heavy (non-hydrogen) atoms. The number of amides is 1. The number of para-hydroxylation sites is 1. The number of nitrogens with zero attached hydrogens (tertiary/aromatic N) is 2. The van der Waals surface area contributed by atoms with E-state index >= 15 is 0 Å². The standard InChI is InChI=1S/C21H20N4O/c1-2-6-20(26)25-17-8-5-7-15(11-17)13-24-21-16(12-22)14-23-19-10-4-3-9-18(19)21/h3-5,7-11,14H,2,6,13H2,1H3,(H,23,24)(H,25,26). The first-order valence-electron chi connectivity index (χ1n) is 8.61. The van der Waals surface area contributed by atoms with E-state index in [4.69, 9.17) is 0 Å². The summed E-state index contributed by atoms with van der Waals surface area (Å²) in [5.74, 6) is 0.0181. The maximum absolute atomic E-state index is 11.8. The SMILES string of the molecule is CCCC(=O)Nc1cccc(CNc2c(C#N)cnc3ccccc23)c1. The summed E-state index contributed by atoms with van der Waals surface area (Å²) in [6.45, 7) is 2.52. The van der Waals surface area contributed by atoms with Crippen LogP contribution in [0.25, 0.3) is 10.9 Å². The monoisotopic (exact) mass is 344 g/mol. The average Bonchev–Trinajstić information content (AvgIpc) is 2.66. The van der Waals surface area contributed by atoms with Crippen molar-refractivity contribution >= 4 is 28.2 Å². The fourth-order valence-electron chi connectivity index (χ4n) is 2.82. The molecule has 0 radical (unpaired) electrons. The Morgan fingerprint density at radius 1 is 1.19 bits per heavy atom. The number of nitriles is 1. The molecule has 0 saturated heterocycles. The largest absolute Gasteiger partial charge is 0.379 e. The number of carbonyl (C=O) groups excluding carboxylic acids is 1. The Kier molecular flexibility index (Phi) is 5.45. The van der Waals surface area contributed by atoms with Gasteiger partial charge in [0, 0.05) is 30.2 Å². The molecule has 0 atom stereocenters. The number of nitrogens with one attached hydrogen (secondary N) is 2. The number of fused-ring (bicyclic) bond motifs is 1. The normalized spacial score (nSPS) is 10.3. The molecule has 3 rings (SSSR count). The van der Waals surface area contributed by atoms with Crippen LogP contribution in [0.1, 0.15) is 30.9 Å². The minimum absolute atomic E-state index is 0.0181. The van der Waals surface area contributed by atoms with Crippen LogP contribution in [0.3, 0.4) is 0 Å². The van der Waals surface area contributed by atoms with Crippen molar-refractivity contribution in [3.05, 3.63) is 65.9 Å². The van der Waals surface area contributed by atoms with Crippen LogP contribution in [0.4, 0.5) is 11.4 Å². The predicted molar refractivity (Wildman–Crippen MR) is 104 cm³/mol. The number of pyridine rings is 1. The third-order valence-corrected chi connectivity index (χ3v) is 4.05. The summed E-state index contributed by atoms with van der Waals surface area (Å²) in [5.41, 5.74) is 3.93. The molecule has 0 unspecified atom stereocenters. The second-order valence-corrected chi connectivity index (χ2v) is 6.03. The van der Waals surface area contributed by atoms with Gasteiger partial charge in [0.05, 0.1) is 16.8 Å². The molecule has 2 aromatic carbocycles. The van der Waals surface area contributed by atoms with Crippen molar-refractivity contribution in [3.8, 4) is 6.07 Å². The highest BCUT2D eigenvalue weighted by Crippen LogP contribution is 2.26. The Bertz CT molecular complexity index is 975. The van der Waals surface area contributed by atoms with Crippen molar-refractivity contribution < 1.29 is 4.79 Å². The molecule has 0 bridgehead atoms. The van der Waals surface area contributed by atoms with Crippen molar-refractivity contribution in [2.75, 3.05) is 10.6 Å². The highest BCUT2D eigenvalue weighted by molar-refractivity contribution is 5.94. The molecule has 1 amide bonds. The van der Waals surface area contributed by atoms with E-state index in [0.717, 1.165) is 34.3 Å². The van der Waals surface area contributed by atoms with Gasteiger partial charge in [-0.3, -0.25) is 9.78 Å². The maximum Gasteiger partial charge on any atom is 0.224 e. The number of hydrogen-bond donors (Lipinski definition) is 2. The van der Waals surface area contributed by atoms with Crippen LogP contribution in [-0.2, 0) is 11.3 Å². The fraction of sp³-hybridized carbons (Fsp3) is 0.190. The molecule has 5 nitrogen and oxygen atoms in total. The highest BCUT2D eigenvalue weighted by atomic mass is 16.1. The lowest BCUT2D eigenvalue weighted by Gasteiger charge is -2.12. The number of hydrogen-bond acceptors (Lipinski definition) is 4. The number of aromatic nitrogens is 1. The van der Waals surface area contributed by atoms with Gasteiger partial charge < -0.3 is 10.6 Å². The molecule has 2 N–H and O–H groups in total. The summed E-state index contributed by atoms with van der Waals surface area (Å²) in [6, 6.07) is 17.6. The first kappa shape index (κ1) is 17.4. The van der Waals surface area contributed by atoms with Crippen LogP contribution >= 0.6 is 0 Å². The summed E-state index contributed by atoms with van der Waals surface area (Å²) in [5, 5.41) is 16.6. The summed E-state index contributed by atoms with van der Waals surface area (Å²) in [6.07, 6.45) is 2.92. The minimum atomic E-state index is 0.0181. The Labute approximate surface area is 152 Å². The van der Waals surface area contributed by atoms with Gasteiger partial charge in [-0.25, -0.2) is 0 Å². The minimum Gasteiger partial charge on any atom is -0.379 e. The molecule has 5 heteroatoms. The van der Waals surface area contributed by atoms with E-state index in [1.54, 1.807) is 6.20 Å². The van der Waals surface area contributed by atoms with Gasteiger partial charge in [0.2, 0.25) is 5.91 Å². The molecular formula is C21H20N4O. The smallest absolute Gasteiger partial charge is 0.224 e. The number of rotatable bonds is 6. The van der Waals surface area contributed by atoms with Gasteiger partial charge in [0.1, 0.15) is 6.07 Å². The topological polar surface area (TPSA) is 77.8 Å². The van der Waals surface area contributed by atoms with E-state index < -0.39 is 0 Å². The van der Waals surface area contributed by atoms with Crippen molar-refractivity contribution in [1.29, 1.82) is 5.26 Å². The van der Waals surface area contributed by atoms with Gasteiger partial charge in [-0.15, -0.1) is 0 Å². The zero-order chi connectivity index (χ0) is 18.4. The van der Waals surface area contributed by atoms with Crippen LogP contribution in [0.2, 0.25) is 0 Å². The van der Waals surface area contributed by atoms with Crippen LogP contribution in [-0.4, -0.2) is 10.9 Å². The summed E-state index contributed by atoms with van der Waals surface area (Å²) < 4.78 is 0. The molecule has 0 spiro atoms. The Balaban J connectivity index is 1.80. The van der Waals surface area contributed by atoms with E-state index in [2.05, 4.69) is 21.7 Å². The third kappa shape index (κ3) is 3.98. The van der Waals surface area contributed by atoms with E-state index in [1.807, 2.05) is 55.5 Å². The van der Waals surface area contributed by atoms with E-state index in [9.17, 15) is 10.1 Å². The van der Waals surface area contributed by atoms with Crippen LogP contribution in [0.15, 0.2) is 54.7 Å². The molecule has 1 heterocycles. The first-order valence-corrected chi connectivity index (χ1v) is 8.61. The lowest BCUT2D eigenvalue weighted by Crippen LogP contribution is -2.11. The van der Waals surface area contributed by atoms with Gasteiger partial charge in [-0.05, 0) is 30.2 Å². The van der Waals surface area contributed by atoms with Gasteiger partial charge >= 0.3 is 0 Å². The van der Waals surface area contributed by atoms with Crippen LogP contribution < -0.4 is 10.6 Å². The molecule has 0 aliphatic rings. The molecule has 3 aromatic rings. The predicted octanol–water partition coefficient (Wildman–Crippen LogP) is 4.46. The van der Waals surface area contributed by atoms with Gasteiger partial charge in [-0.1, -0.05) is 37.3 Å². The van der Waals surface area contributed by atoms with Crippen molar-refractivity contribution in [2.24, 2.45) is 0 Å². The Hall–Kier alpha value is -3.39. The maximum atomic E-state index is 11.8.